The minimum atomic E-state index is 0. The zero-order chi connectivity index (χ0) is 17.0. The largest absolute Gasteiger partial charge is 0.497 e. The van der Waals surface area contributed by atoms with Crippen LogP contribution in [0.15, 0.2) is 18.2 Å². The highest BCUT2D eigenvalue weighted by Crippen LogP contribution is 2.55. The second-order valence-electron chi connectivity index (χ2n) is 8.85. The molecule has 3 aliphatic carbocycles. The molecule has 0 N–H and O–H groups in total. The molecule has 1 aromatic carbocycles. The number of halogens is 1. The van der Waals surface area contributed by atoms with Crippen LogP contribution < -0.4 is 4.74 Å². The third kappa shape index (κ3) is 2.70. The fourth-order valence-corrected chi connectivity index (χ4v) is 6.25. The average molecular weight is 376 g/mol. The van der Waals surface area contributed by atoms with Gasteiger partial charge in [0.15, 0.2) is 0 Å². The standard InChI is InChI=1S/C22H29NO2.ClH/c1-25-18-7-5-16-11-21-19-8-6-17(24)13-22(19,20(16)12-18)9-10-23(21)14-15-3-2-4-15;/h5,7,12,15,19,21H,2-4,6,8-11,13-14H2,1H3;1H/t19-,21+,22-;/m0./s1. The lowest BCUT2D eigenvalue weighted by atomic mass is 9.52. The number of nitrogens with zero attached hydrogens (tertiary/aromatic N) is 1. The maximum atomic E-state index is 12.4. The second kappa shape index (κ2) is 6.83. The first-order valence-electron chi connectivity index (χ1n) is 10.1. The third-order valence-corrected chi connectivity index (χ3v) is 7.74. The maximum Gasteiger partial charge on any atom is 0.133 e. The van der Waals surface area contributed by atoms with Crippen molar-refractivity contribution in [3.8, 4) is 5.75 Å². The number of piperidine rings is 1. The smallest absolute Gasteiger partial charge is 0.133 e. The van der Waals surface area contributed by atoms with Crippen LogP contribution in [0.3, 0.4) is 0 Å². The number of fused-ring (bicyclic) bond motifs is 1. The minimum Gasteiger partial charge on any atom is -0.497 e. The van der Waals surface area contributed by atoms with Crippen molar-refractivity contribution < 1.29 is 9.53 Å². The SMILES string of the molecule is COc1ccc2c(c1)[C@]13CCN(CC4CCC4)[C@H](C2)[C@@H]1CCC(=O)C3.Cl. The lowest BCUT2D eigenvalue weighted by Crippen LogP contribution is -2.62. The first kappa shape index (κ1) is 18.3. The van der Waals surface area contributed by atoms with Crippen LogP contribution >= 0.6 is 12.4 Å². The van der Waals surface area contributed by atoms with Gasteiger partial charge in [-0.3, -0.25) is 9.69 Å². The molecule has 1 saturated heterocycles. The zero-order valence-electron chi connectivity index (χ0n) is 15.7. The van der Waals surface area contributed by atoms with Gasteiger partial charge in [-0.25, -0.2) is 0 Å². The van der Waals surface area contributed by atoms with Crippen molar-refractivity contribution in [3.05, 3.63) is 29.3 Å². The summed E-state index contributed by atoms with van der Waals surface area (Å²) in [6.45, 7) is 2.46. The second-order valence-corrected chi connectivity index (χ2v) is 8.85. The monoisotopic (exact) mass is 375 g/mol. The molecule has 3 atom stereocenters. The number of hydrogen-bond donors (Lipinski definition) is 0. The quantitative estimate of drug-likeness (QED) is 0.794. The highest BCUT2D eigenvalue weighted by molar-refractivity contribution is 5.85. The van der Waals surface area contributed by atoms with Gasteiger partial charge in [0.25, 0.3) is 0 Å². The number of carbonyl (C=O) groups excluding carboxylic acids is 1. The number of likely N-dealkylation sites (tertiary alicyclic amines) is 1. The number of benzene rings is 1. The van der Waals surface area contributed by atoms with Crippen LogP contribution in [0, 0.1) is 11.8 Å². The molecular formula is C22H30ClNO2. The molecule has 0 unspecified atom stereocenters. The Bertz CT molecular complexity index is 701. The molecular weight excluding hydrogens is 346 g/mol. The van der Waals surface area contributed by atoms with Crippen molar-refractivity contribution in [1.82, 2.24) is 4.90 Å². The Kier molecular flexibility index (Phi) is 4.81. The first-order valence-corrected chi connectivity index (χ1v) is 10.1. The Morgan fingerprint density at radius 2 is 2.12 bits per heavy atom. The molecule has 0 spiro atoms. The number of rotatable bonds is 3. The Morgan fingerprint density at radius 3 is 2.85 bits per heavy atom. The van der Waals surface area contributed by atoms with E-state index in [1.54, 1.807) is 7.11 Å². The van der Waals surface area contributed by atoms with Crippen LogP contribution in [-0.2, 0) is 16.6 Å². The van der Waals surface area contributed by atoms with Crippen molar-refractivity contribution in [2.75, 3.05) is 20.2 Å². The van der Waals surface area contributed by atoms with E-state index in [1.165, 1.54) is 43.5 Å². The molecule has 0 aromatic heterocycles. The number of methoxy groups -OCH3 is 1. The zero-order valence-corrected chi connectivity index (χ0v) is 16.5. The van der Waals surface area contributed by atoms with E-state index in [0.29, 0.717) is 17.7 Å². The summed E-state index contributed by atoms with van der Waals surface area (Å²) in [6.07, 6.45) is 9.20. The molecule has 5 rings (SSSR count). The lowest BCUT2D eigenvalue weighted by molar-refractivity contribution is -0.127. The van der Waals surface area contributed by atoms with E-state index in [0.717, 1.165) is 43.8 Å². The fourth-order valence-electron chi connectivity index (χ4n) is 6.25. The van der Waals surface area contributed by atoms with Crippen LogP contribution in [0.4, 0.5) is 0 Å². The summed E-state index contributed by atoms with van der Waals surface area (Å²) in [5.41, 5.74) is 2.98. The van der Waals surface area contributed by atoms with Gasteiger partial charge < -0.3 is 4.74 Å². The molecule has 1 aromatic rings. The Labute approximate surface area is 162 Å². The number of hydrogen-bond acceptors (Lipinski definition) is 3. The van der Waals surface area contributed by atoms with Crippen LogP contribution in [0.2, 0.25) is 0 Å². The molecule has 1 heterocycles. The van der Waals surface area contributed by atoms with Crippen LogP contribution in [-0.4, -0.2) is 36.9 Å². The van der Waals surface area contributed by atoms with Gasteiger partial charge in [0.2, 0.25) is 0 Å². The fraction of sp³-hybridized carbons (Fsp3) is 0.682. The van der Waals surface area contributed by atoms with Gasteiger partial charge in [-0.1, -0.05) is 12.5 Å². The minimum absolute atomic E-state index is 0. The number of ketones is 1. The normalized spacial score (nSPS) is 33.5. The Hall–Kier alpha value is -1.06. The summed E-state index contributed by atoms with van der Waals surface area (Å²) in [7, 11) is 1.75. The van der Waals surface area contributed by atoms with E-state index in [-0.39, 0.29) is 17.8 Å². The van der Waals surface area contributed by atoms with Crippen molar-refractivity contribution >= 4 is 18.2 Å². The predicted molar refractivity (Wildman–Crippen MR) is 105 cm³/mol. The predicted octanol–water partition coefficient (Wildman–Crippen LogP) is 4.15. The summed E-state index contributed by atoms with van der Waals surface area (Å²) < 4.78 is 5.52. The number of Topliss-reactive ketones (excluding diaryl/α,β-unsaturated/α-hetero) is 1. The van der Waals surface area contributed by atoms with Crippen molar-refractivity contribution in [1.29, 1.82) is 0 Å². The maximum absolute atomic E-state index is 12.4. The van der Waals surface area contributed by atoms with Crippen LogP contribution in [0.5, 0.6) is 5.75 Å². The summed E-state index contributed by atoms with van der Waals surface area (Å²) >= 11 is 0. The lowest BCUT2D eigenvalue weighted by Gasteiger charge is -2.59. The first-order chi connectivity index (χ1) is 12.2. The van der Waals surface area contributed by atoms with Crippen molar-refractivity contribution in [3.63, 3.8) is 0 Å². The molecule has 1 aliphatic heterocycles. The summed E-state index contributed by atoms with van der Waals surface area (Å²) in [5, 5.41) is 0. The Morgan fingerprint density at radius 1 is 1.27 bits per heavy atom. The van der Waals surface area contributed by atoms with E-state index in [4.69, 9.17) is 4.74 Å². The van der Waals surface area contributed by atoms with E-state index in [1.807, 2.05) is 0 Å². The van der Waals surface area contributed by atoms with Crippen LogP contribution in [0.25, 0.3) is 0 Å². The van der Waals surface area contributed by atoms with Gasteiger partial charge in [0, 0.05) is 30.8 Å². The molecule has 4 aliphatic rings. The van der Waals surface area contributed by atoms with E-state index < -0.39 is 0 Å². The Balaban J connectivity index is 0.00000168. The average Bonchev–Trinajstić information content (AvgIpc) is 2.58. The molecule has 2 bridgehead atoms. The van der Waals surface area contributed by atoms with E-state index in [9.17, 15) is 4.79 Å². The highest BCUT2D eigenvalue weighted by Gasteiger charge is 2.55. The molecule has 2 saturated carbocycles. The van der Waals surface area contributed by atoms with Gasteiger partial charge in [-0.15, -0.1) is 12.4 Å². The van der Waals surface area contributed by atoms with Crippen molar-refractivity contribution in [2.45, 2.75) is 62.8 Å². The van der Waals surface area contributed by atoms with Gasteiger partial charge in [0.1, 0.15) is 11.5 Å². The van der Waals surface area contributed by atoms with Gasteiger partial charge in [0.05, 0.1) is 7.11 Å². The topological polar surface area (TPSA) is 29.5 Å². The molecule has 142 valence electrons. The molecule has 3 fully saturated rings. The molecule has 4 heteroatoms. The third-order valence-electron chi connectivity index (χ3n) is 7.74. The number of carbonyl (C=O) groups is 1. The van der Waals surface area contributed by atoms with Gasteiger partial charge in [-0.05, 0) is 73.7 Å². The molecule has 0 amide bonds. The van der Waals surface area contributed by atoms with E-state index in [2.05, 4.69) is 23.1 Å². The molecule has 26 heavy (non-hydrogen) atoms. The van der Waals surface area contributed by atoms with Crippen LogP contribution in [0.1, 0.15) is 56.1 Å². The summed E-state index contributed by atoms with van der Waals surface area (Å²) in [6, 6.07) is 7.26. The summed E-state index contributed by atoms with van der Waals surface area (Å²) in [4.78, 5) is 15.2. The summed E-state index contributed by atoms with van der Waals surface area (Å²) in [5.74, 6) is 2.99. The molecule has 3 nitrogen and oxygen atoms in total. The molecule has 0 radical (unpaired) electrons. The highest BCUT2D eigenvalue weighted by atomic mass is 35.5. The van der Waals surface area contributed by atoms with E-state index >= 15 is 0 Å². The van der Waals surface area contributed by atoms with Gasteiger partial charge in [-0.2, -0.15) is 0 Å². The van der Waals surface area contributed by atoms with Gasteiger partial charge >= 0.3 is 0 Å². The number of ether oxygens (including phenoxy) is 1. The van der Waals surface area contributed by atoms with Crippen molar-refractivity contribution in [2.24, 2.45) is 11.8 Å².